The quantitative estimate of drug-likeness (QED) is 0.255. The molecule has 0 bridgehead atoms. The van der Waals surface area contributed by atoms with Gasteiger partial charge in [0, 0.05) is 19.2 Å². The van der Waals surface area contributed by atoms with Crippen molar-refractivity contribution in [3.63, 3.8) is 0 Å². The van der Waals surface area contributed by atoms with Gasteiger partial charge in [-0.2, -0.15) is 0 Å². The number of aromatic nitrogens is 1. The molecule has 0 unspecified atom stereocenters. The number of carbonyl (C=O) groups excluding carboxylic acids is 1. The number of anilines is 1. The number of hydrogen-bond acceptors (Lipinski definition) is 7. The molecule has 0 aliphatic heterocycles. The van der Waals surface area contributed by atoms with Gasteiger partial charge >= 0.3 is 0 Å². The smallest absolute Gasteiger partial charge is 0.213 e. The van der Waals surface area contributed by atoms with Gasteiger partial charge in [0.2, 0.25) is 6.41 Å². The van der Waals surface area contributed by atoms with E-state index in [1.165, 1.54) is 16.2 Å². The summed E-state index contributed by atoms with van der Waals surface area (Å²) < 4.78 is 11.7. The van der Waals surface area contributed by atoms with Crippen molar-refractivity contribution in [2.75, 3.05) is 25.3 Å². The Balaban J connectivity index is 1.92. The number of rotatable bonds is 8. The van der Waals surface area contributed by atoms with E-state index in [4.69, 9.17) is 9.47 Å². The average molecular weight is 371 g/mol. The summed E-state index contributed by atoms with van der Waals surface area (Å²) in [6.45, 7) is 2.70. The van der Waals surface area contributed by atoms with Gasteiger partial charge in [-0.3, -0.25) is 4.79 Å². The first-order valence-corrected chi connectivity index (χ1v) is 8.75. The second-order valence-electron chi connectivity index (χ2n) is 5.41. The van der Waals surface area contributed by atoms with E-state index in [1.807, 2.05) is 31.2 Å². The van der Waals surface area contributed by atoms with E-state index < -0.39 is 0 Å². The maximum absolute atomic E-state index is 11.1. The maximum atomic E-state index is 11.1. The Morgan fingerprint density at radius 1 is 1.27 bits per heavy atom. The van der Waals surface area contributed by atoms with Gasteiger partial charge in [-0.1, -0.05) is 0 Å². The van der Waals surface area contributed by atoms with E-state index in [-0.39, 0.29) is 12.5 Å². The average Bonchev–Trinajstić information content (AvgIpc) is 3.10. The van der Waals surface area contributed by atoms with Crippen LogP contribution >= 0.6 is 11.3 Å². The van der Waals surface area contributed by atoms with Crippen molar-refractivity contribution in [2.45, 2.75) is 6.92 Å². The van der Waals surface area contributed by atoms with Crippen LogP contribution in [0.4, 0.5) is 11.4 Å². The molecule has 0 saturated heterocycles. The molecule has 0 aliphatic carbocycles. The predicted octanol–water partition coefficient (Wildman–Crippen LogP) is 4.33. The van der Waals surface area contributed by atoms with Crippen LogP contribution in [-0.4, -0.2) is 31.8 Å². The van der Waals surface area contributed by atoms with Crippen molar-refractivity contribution in [3.05, 3.63) is 41.3 Å². The summed E-state index contributed by atoms with van der Waals surface area (Å²) in [5.41, 5.74) is 2.24. The zero-order valence-electron chi connectivity index (χ0n) is 14.3. The number of thiazole rings is 1. The third-order valence-corrected chi connectivity index (χ3v) is 4.80. The Morgan fingerprint density at radius 2 is 2.12 bits per heavy atom. The Morgan fingerprint density at radius 3 is 2.85 bits per heavy atom. The number of nitroso groups, excluding NO2 is 1. The van der Waals surface area contributed by atoms with Crippen LogP contribution in [0.25, 0.3) is 20.8 Å². The molecule has 0 saturated carbocycles. The second kappa shape index (κ2) is 8.03. The normalized spacial score (nSPS) is 10.7. The summed E-state index contributed by atoms with van der Waals surface area (Å²) in [7, 11) is 1.57. The number of fused-ring (bicyclic) bond motifs is 1. The van der Waals surface area contributed by atoms with E-state index in [0.29, 0.717) is 24.5 Å². The standard InChI is InChI=1S/C18H17N3O4S/c1-3-24-11-25-13-5-6-14-17(9-13)26-18(19-14)12-4-7-16(21(2)10-22)15(8-12)20-23/h4-10H,3,11H2,1-2H3. The van der Waals surface area contributed by atoms with Crippen molar-refractivity contribution < 1.29 is 14.3 Å². The summed E-state index contributed by atoms with van der Waals surface area (Å²) in [6.07, 6.45) is 0.630. The lowest BCUT2D eigenvalue weighted by Gasteiger charge is -2.12. The molecule has 26 heavy (non-hydrogen) atoms. The molecule has 0 aliphatic rings. The minimum absolute atomic E-state index is 0.192. The fourth-order valence-electron chi connectivity index (χ4n) is 2.40. The Bertz CT molecular complexity index is 941. The van der Waals surface area contributed by atoms with Gasteiger partial charge in [-0.05, 0) is 48.5 Å². The van der Waals surface area contributed by atoms with E-state index in [0.717, 1.165) is 20.8 Å². The summed E-state index contributed by atoms with van der Waals surface area (Å²) in [5.74, 6) is 0.708. The lowest BCUT2D eigenvalue weighted by Crippen LogP contribution is -2.13. The van der Waals surface area contributed by atoms with Crippen molar-refractivity contribution in [1.29, 1.82) is 0 Å². The van der Waals surface area contributed by atoms with Crippen LogP contribution in [0.5, 0.6) is 5.75 Å². The first-order valence-electron chi connectivity index (χ1n) is 7.93. The number of amides is 1. The molecule has 1 amide bonds. The molecule has 0 fully saturated rings. The lowest BCUT2D eigenvalue weighted by molar-refractivity contribution is -0.107. The van der Waals surface area contributed by atoms with E-state index >= 15 is 0 Å². The van der Waals surface area contributed by atoms with Crippen LogP contribution in [0, 0.1) is 4.91 Å². The monoisotopic (exact) mass is 371 g/mol. The van der Waals surface area contributed by atoms with Crippen LogP contribution in [-0.2, 0) is 9.53 Å². The number of hydrogen-bond donors (Lipinski definition) is 0. The molecule has 134 valence electrons. The van der Waals surface area contributed by atoms with Gasteiger partial charge in [0.1, 0.15) is 16.4 Å². The van der Waals surface area contributed by atoms with Crippen LogP contribution in [0.3, 0.4) is 0 Å². The highest BCUT2D eigenvalue weighted by Crippen LogP contribution is 2.36. The predicted molar refractivity (Wildman–Crippen MR) is 102 cm³/mol. The zero-order chi connectivity index (χ0) is 18.5. The highest BCUT2D eigenvalue weighted by Gasteiger charge is 2.13. The molecule has 0 N–H and O–H groups in total. The number of nitrogens with zero attached hydrogens (tertiary/aromatic N) is 3. The second-order valence-corrected chi connectivity index (χ2v) is 6.45. The molecule has 3 aromatic rings. The fraction of sp³-hybridized carbons (Fsp3) is 0.222. The molecule has 2 aromatic carbocycles. The van der Waals surface area contributed by atoms with Crippen LogP contribution in [0.2, 0.25) is 0 Å². The minimum atomic E-state index is 0.192. The molecule has 1 heterocycles. The molecule has 0 atom stereocenters. The van der Waals surface area contributed by atoms with E-state index in [1.54, 1.807) is 19.2 Å². The SMILES string of the molecule is CCOCOc1ccc2nc(-c3ccc(N(C)C=O)c(N=O)c3)sc2c1. The Hall–Kier alpha value is -2.84. The fourth-order valence-corrected chi connectivity index (χ4v) is 3.39. The van der Waals surface area contributed by atoms with Gasteiger partial charge in [-0.15, -0.1) is 16.2 Å². The molecule has 1 aromatic heterocycles. The third-order valence-electron chi connectivity index (χ3n) is 3.73. The van der Waals surface area contributed by atoms with Gasteiger partial charge in [-0.25, -0.2) is 4.98 Å². The maximum Gasteiger partial charge on any atom is 0.213 e. The van der Waals surface area contributed by atoms with Crippen molar-refractivity contribution in [1.82, 2.24) is 4.98 Å². The van der Waals surface area contributed by atoms with Gasteiger partial charge in [0.15, 0.2) is 6.79 Å². The Labute approximate surface area is 154 Å². The lowest BCUT2D eigenvalue weighted by atomic mass is 10.1. The van der Waals surface area contributed by atoms with Crippen molar-refractivity contribution in [2.24, 2.45) is 5.18 Å². The molecule has 7 nitrogen and oxygen atoms in total. The van der Waals surface area contributed by atoms with Crippen molar-refractivity contribution in [3.8, 4) is 16.3 Å². The summed E-state index contributed by atoms with van der Waals surface area (Å²) >= 11 is 1.48. The Kier molecular flexibility index (Phi) is 5.55. The van der Waals surface area contributed by atoms with E-state index in [2.05, 4.69) is 10.2 Å². The van der Waals surface area contributed by atoms with Gasteiger partial charge in [0.05, 0.1) is 15.9 Å². The first kappa shape index (κ1) is 18.0. The summed E-state index contributed by atoms with van der Waals surface area (Å²) in [5, 5.41) is 3.78. The molecular weight excluding hydrogens is 354 g/mol. The minimum Gasteiger partial charge on any atom is -0.468 e. The van der Waals surface area contributed by atoms with Gasteiger partial charge < -0.3 is 14.4 Å². The largest absolute Gasteiger partial charge is 0.468 e. The highest BCUT2D eigenvalue weighted by atomic mass is 32.1. The number of ether oxygens (including phenoxy) is 2. The zero-order valence-corrected chi connectivity index (χ0v) is 15.2. The number of benzene rings is 2. The summed E-state index contributed by atoms with van der Waals surface area (Å²) in [4.78, 5) is 28.0. The molecule has 8 heteroatoms. The first-order chi connectivity index (χ1) is 12.7. The molecule has 0 spiro atoms. The molecular formula is C18H17N3O4S. The van der Waals surface area contributed by atoms with Crippen LogP contribution in [0.15, 0.2) is 41.6 Å². The van der Waals surface area contributed by atoms with Crippen LogP contribution in [0.1, 0.15) is 6.92 Å². The van der Waals surface area contributed by atoms with E-state index in [9.17, 15) is 9.70 Å². The van der Waals surface area contributed by atoms with Gasteiger partial charge in [0.25, 0.3) is 0 Å². The third kappa shape index (κ3) is 3.71. The van der Waals surface area contributed by atoms with Crippen LogP contribution < -0.4 is 9.64 Å². The van der Waals surface area contributed by atoms with Crippen molar-refractivity contribution >= 4 is 39.3 Å². The molecule has 3 rings (SSSR count). The number of carbonyl (C=O) groups is 1. The topological polar surface area (TPSA) is 81.1 Å². The highest BCUT2D eigenvalue weighted by molar-refractivity contribution is 7.21. The molecule has 0 radical (unpaired) electrons. The summed E-state index contributed by atoms with van der Waals surface area (Å²) in [6, 6.07) is 10.8.